The molecule has 2 amide bonds. The number of hydrogen-bond donors (Lipinski definition) is 1. The van der Waals surface area contributed by atoms with Gasteiger partial charge in [0.25, 0.3) is 0 Å². The molecule has 2 rings (SSSR count). The lowest BCUT2D eigenvalue weighted by Gasteiger charge is -2.28. The van der Waals surface area contributed by atoms with Crippen LogP contribution in [0.2, 0.25) is 0 Å². The number of para-hydroxylation sites is 1. The van der Waals surface area contributed by atoms with Crippen molar-refractivity contribution >= 4 is 33.6 Å². The largest absolute Gasteiger partial charge is 0.444 e. The monoisotopic (exact) mass is 368 g/mol. The van der Waals surface area contributed by atoms with Crippen LogP contribution >= 0.6 is 15.9 Å². The maximum absolute atomic E-state index is 12.5. The minimum atomic E-state index is -0.566. The highest BCUT2D eigenvalue weighted by atomic mass is 79.9. The lowest BCUT2D eigenvalue weighted by atomic mass is 10.2. The van der Waals surface area contributed by atoms with Gasteiger partial charge in [0.1, 0.15) is 11.6 Å². The normalized spacial score (nSPS) is 18.2. The van der Waals surface area contributed by atoms with Gasteiger partial charge in [-0.1, -0.05) is 12.1 Å². The molecular weight excluding hydrogens is 348 g/mol. The van der Waals surface area contributed by atoms with Crippen LogP contribution in [0.5, 0.6) is 0 Å². The van der Waals surface area contributed by atoms with Crippen LogP contribution in [0.4, 0.5) is 10.5 Å². The van der Waals surface area contributed by atoms with Crippen LogP contribution in [0.1, 0.15) is 33.6 Å². The third kappa shape index (κ3) is 4.22. The summed E-state index contributed by atoms with van der Waals surface area (Å²) in [6.07, 6.45) is 1.01. The van der Waals surface area contributed by atoms with Crippen molar-refractivity contribution in [3.8, 4) is 0 Å². The van der Waals surface area contributed by atoms with Crippen molar-refractivity contribution < 1.29 is 14.3 Å². The Morgan fingerprint density at radius 1 is 1.32 bits per heavy atom. The highest BCUT2D eigenvalue weighted by Gasteiger charge is 2.36. The number of nitrogens with one attached hydrogen (secondary N) is 1. The van der Waals surface area contributed by atoms with E-state index < -0.39 is 17.7 Å². The van der Waals surface area contributed by atoms with E-state index in [-0.39, 0.29) is 5.91 Å². The average molecular weight is 369 g/mol. The molecule has 0 unspecified atom stereocenters. The molecule has 22 heavy (non-hydrogen) atoms. The first-order valence-corrected chi connectivity index (χ1v) is 8.12. The number of halogens is 1. The smallest absolute Gasteiger partial charge is 0.410 e. The molecule has 0 aliphatic carbocycles. The average Bonchev–Trinajstić information content (AvgIpc) is 2.89. The SMILES string of the molecule is CC(C)(C)OC(=O)N1CCC[C@H]1C(=O)Nc1ccccc1Br. The predicted octanol–water partition coefficient (Wildman–Crippen LogP) is 3.79. The van der Waals surface area contributed by atoms with Gasteiger partial charge in [0, 0.05) is 11.0 Å². The fraction of sp³-hybridized carbons (Fsp3) is 0.500. The van der Waals surface area contributed by atoms with Crippen molar-refractivity contribution in [3.63, 3.8) is 0 Å². The first-order valence-electron chi connectivity index (χ1n) is 7.33. The van der Waals surface area contributed by atoms with E-state index in [0.717, 1.165) is 10.9 Å². The van der Waals surface area contributed by atoms with Gasteiger partial charge >= 0.3 is 6.09 Å². The number of carbonyl (C=O) groups excluding carboxylic acids is 2. The van der Waals surface area contributed by atoms with Crippen LogP contribution in [0.15, 0.2) is 28.7 Å². The quantitative estimate of drug-likeness (QED) is 0.863. The van der Waals surface area contributed by atoms with Gasteiger partial charge in [-0.15, -0.1) is 0 Å². The van der Waals surface area contributed by atoms with Gasteiger partial charge in [-0.3, -0.25) is 9.69 Å². The zero-order valence-corrected chi connectivity index (χ0v) is 14.6. The summed E-state index contributed by atoms with van der Waals surface area (Å²) < 4.78 is 6.18. The number of likely N-dealkylation sites (tertiary alicyclic amines) is 1. The predicted molar refractivity (Wildman–Crippen MR) is 88.7 cm³/mol. The zero-order chi connectivity index (χ0) is 16.3. The number of carbonyl (C=O) groups is 2. The molecule has 0 saturated carbocycles. The molecule has 1 aromatic carbocycles. The molecule has 1 aliphatic heterocycles. The number of rotatable bonds is 2. The molecule has 1 heterocycles. The number of hydrogen-bond acceptors (Lipinski definition) is 3. The molecule has 0 spiro atoms. The first-order chi connectivity index (χ1) is 10.3. The second-order valence-corrected chi connectivity index (χ2v) is 7.16. The number of benzene rings is 1. The van der Waals surface area contributed by atoms with E-state index in [4.69, 9.17) is 4.74 Å². The molecule has 1 saturated heterocycles. The van der Waals surface area contributed by atoms with E-state index >= 15 is 0 Å². The molecule has 1 fully saturated rings. The molecule has 6 heteroatoms. The third-order valence-corrected chi connectivity index (χ3v) is 4.01. The van der Waals surface area contributed by atoms with Crippen molar-refractivity contribution in [3.05, 3.63) is 28.7 Å². The van der Waals surface area contributed by atoms with Gasteiger partial charge < -0.3 is 10.1 Å². The van der Waals surface area contributed by atoms with Crippen LogP contribution in [-0.2, 0) is 9.53 Å². The number of nitrogens with zero attached hydrogens (tertiary/aromatic N) is 1. The highest BCUT2D eigenvalue weighted by molar-refractivity contribution is 9.10. The summed E-state index contributed by atoms with van der Waals surface area (Å²) in [4.78, 5) is 26.2. The van der Waals surface area contributed by atoms with E-state index in [2.05, 4.69) is 21.2 Å². The summed E-state index contributed by atoms with van der Waals surface area (Å²) in [6, 6.07) is 6.91. The van der Waals surface area contributed by atoms with Gasteiger partial charge in [0.15, 0.2) is 0 Å². The van der Waals surface area contributed by atoms with E-state index in [1.165, 1.54) is 4.90 Å². The minimum Gasteiger partial charge on any atom is -0.444 e. The number of amides is 2. The Bertz CT molecular complexity index is 569. The van der Waals surface area contributed by atoms with Crippen LogP contribution in [0.25, 0.3) is 0 Å². The lowest BCUT2D eigenvalue weighted by molar-refractivity contribution is -0.120. The zero-order valence-electron chi connectivity index (χ0n) is 13.1. The van der Waals surface area contributed by atoms with Crippen LogP contribution in [0.3, 0.4) is 0 Å². The first kappa shape index (κ1) is 16.8. The Kier molecular flexibility index (Phi) is 5.11. The molecule has 0 aromatic heterocycles. The van der Waals surface area contributed by atoms with E-state index in [0.29, 0.717) is 18.7 Å². The number of anilines is 1. The van der Waals surface area contributed by atoms with Gasteiger partial charge in [0.05, 0.1) is 5.69 Å². The van der Waals surface area contributed by atoms with E-state index in [9.17, 15) is 9.59 Å². The lowest BCUT2D eigenvalue weighted by Crippen LogP contribution is -2.45. The molecule has 1 aromatic rings. The fourth-order valence-corrected chi connectivity index (χ4v) is 2.74. The van der Waals surface area contributed by atoms with Gasteiger partial charge in [-0.2, -0.15) is 0 Å². The molecule has 5 nitrogen and oxygen atoms in total. The van der Waals surface area contributed by atoms with Crippen LogP contribution in [-0.4, -0.2) is 35.1 Å². The summed E-state index contributed by atoms with van der Waals surface area (Å²) in [6.45, 7) is 5.99. The van der Waals surface area contributed by atoms with E-state index in [1.54, 1.807) is 0 Å². The maximum atomic E-state index is 12.5. The Morgan fingerprint density at radius 3 is 2.64 bits per heavy atom. The summed E-state index contributed by atoms with van der Waals surface area (Å²) in [5.41, 5.74) is 0.131. The van der Waals surface area contributed by atoms with Crippen molar-refractivity contribution in [2.75, 3.05) is 11.9 Å². The van der Waals surface area contributed by atoms with Crippen molar-refractivity contribution in [1.82, 2.24) is 4.90 Å². The Morgan fingerprint density at radius 2 is 2.00 bits per heavy atom. The highest BCUT2D eigenvalue weighted by Crippen LogP contribution is 2.25. The van der Waals surface area contributed by atoms with Gasteiger partial charge in [-0.05, 0) is 61.7 Å². The van der Waals surface area contributed by atoms with E-state index in [1.807, 2.05) is 45.0 Å². The van der Waals surface area contributed by atoms with Gasteiger partial charge in [0.2, 0.25) is 5.91 Å². The topological polar surface area (TPSA) is 58.6 Å². The fourth-order valence-electron chi connectivity index (χ4n) is 2.36. The standard InChI is InChI=1S/C16H21BrN2O3/c1-16(2,3)22-15(21)19-10-6-9-13(19)14(20)18-12-8-5-4-7-11(12)17/h4-5,7-8,13H,6,9-10H2,1-3H3,(H,18,20)/t13-/m0/s1. The molecule has 0 bridgehead atoms. The van der Waals surface area contributed by atoms with Crippen LogP contribution < -0.4 is 5.32 Å². The molecule has 1 N–H and O–H groups in total. The van der Waals surface area contributed by atoms with Gasteiger partial charge in [-0.25, -0.2) is 4.79 Å². The molecular formula is C16H21BrN2O3. The summed E-state index contributed by atoms with van der Waals surface area (Å²) >= 11 is 3.40. The van der Waals surface area contributed by atoms with Crippen LogP contribution in [0, 0.1) is 0 Å². The Balaban J connectivity index is 2.05. The van der Waals surface area contributed by atoms with Crippen molar-refractivity contribution in [2.24, 2.45) is 0 Å². The molecule has 1 atom stereocenters. The second-order valence-electron chi connectivity index (χ2n) is 6.30. The summed E-state index contributed by atoms with van der Waals surface area (Å²) in [7, 11) is 0. The summed E-state index contributed by atoms with van der Waals surface area (Å²) in [5.74, 6) is -0.185. The Labute approximate surface area is 139 Å². The minimum absolute atomic E-state index is 0.185. The third-order valence-electron chi connectivity index (χ3n) is 3.32. The van der Waals surface area contributed by atoms with Crippen molar-refractivity contribution in [1.29, 1.82) is 0 Å². The van der Waals surface area contributed by atoms with Crippen molar-refractivity contribution in [2.45, 2.75) is 45.3 Å². The molecule has 0 radical (unpaired) electrons. The summed E-state index contributed by atoms with van der Waals surface area (Å²) in [5, 5.41) is 2.86. The Hall–Kier alpha value is -1.56. The number of ether oxygens (including phenoxy) is 1. The second kappa shape index (κ2) is 6.69. The molecule has 120 valence electrons. The maximum Gasteiger partial charge on any atom is 0.410 e. The molecule has 1 aliphatic rings.